The molecule has 0 spiro atoms. The highest BCUT2D eigenvalue weighted by Gasteiger charge is 2.41. The number of hydrogen-bond acceptors (Lipinski definition) is 5. The summed E-state index contributed by atoms with van der Waals surface area (Å²) in [5.74, 6) is 0.452. The summed E-state index contributed by atoms with van der Waals surface area (Å²) in [5, 5.41) is 5.13. The number of nitrogens with zero attached hydrogens (tertiary/aromatic N) is 3. The third-order valence-electron chi connectivity index (χ3n) is 5.28. The first-order chi connectivity index (χ1) is 14.4. The third kappa shape index (κ3) is 4.41. The van der Waals surface area contributed by atoms with Gasteiger partial charge in [-0.05, 0) is 30.7 Å². The molecule has 9 heteroatoms. The fourth-order valence-electron chi connectivity index (χ4n) is 3.76. The Hall–Kier alpha value is -2.28. The lowest BCUT2D eigenvalue weighted by atomic mass is 9.86. The molecule has 1 aromatic carbocycles. The molecule has 1 aliphatic heterocycles. The molecule has 0 saturated carbocycles. The van der Waals surface area contributed by atoms with Crippen molar-refractivity contribution in [3.63, 3.8) is 0 Å². The quantitative estimate of drug-likeness (QED) is 0.507. The number of ether oxygens (including phenoxy) is 1. The molecule has 0 radical (unpaired) electrons. The van der Waals surface area contributed by atoms with Crippen LogP contribution in [-0.4, -0.2) is 40.1 Å². The number of carbonyl (C=O) groups is 1. The van der Waals surface area contributed by atoms with E-state index in [9.17, 15) is 4.79 Å². The molecular weight excluding hydrogens is 449 g/mol. The second-order valence-corrected chi connectivity index (χ2v) is 8.42. The minimum atomic E-state index is -0.231. The average molecular weight is 467 g/mol. The zero-order valence-corrected chi connectivity index (χ0v) is 18.2. The van der Waals surface area contributed by atoms with Crippen molar-refractivity contribution in [1.29, 1.82) is 0 Å². The maximum Gasteiger partial charge on any atom is 0.292 e. The highest BCUT2D eigenvalue weighted by Crippen LogP contribution is 2.38. The van der Waals surface area contributed by atoms with Crippen LogP contribution in [0.15, 0.2) is 53.3 Å². The van der Waals surface area contributed by atoms with Crippen molar-refractivity contribution in [3.8, 4) is 5.88 Å². The molecule has 1 amide bonds. The SMILES string of the molecule is CC(Oc1ccc(Cl)cn1)C1CN(C(=O)c2ccno2)CC1c1ccc(Cl)c(Cl)c1. The Morgan fingerprint density at radius 1 is 1.17 bits per heavy atom. The van der Waals surface area contributed by atoms with E-state index < -0.39 is 0 Å². The minimum Gasteiger partial charge on any atom is -0.474 e. The summed E-state index contributed by atoms with van der Waals surface area (Å²) < 4.78 is 11.1. The molecule has 0 N–H and O–H groups in total. The maximum absolute atomic E-state index is 12.8. The molecule has 30 heavy (non-hydrogen) atoms. The number of amides is 1. The molecule has 2 aromatic heterocycles. The van der Waals surface area contributed by atoms with E-state index in [0.29, 0.717) is 34.0 Å². The Bertz CT molecular complexity index is 1030. The van der Waals surface area contributed by atoms with Gasteiger partial charge >= 0.3 is 0 Å². The monoisotopic (exact) mass is 465 g/mol. The zero-order chi connectivity index (χ0) is 21.3. The highest BCUT2D eigenvalue weighted by atomic mass is 35.5. The predicted octanol–water partition coefficient (Wildman–Crippen LogP) is 5.35. The lowest BCUT2D eigenvalue weighted by Crippen LogP contribution is -2.32. The number of rotatable bonds is 5. The summed E-state index contributed by atoms with van der Waals surface area (Å²) in [4.78, 5) is 18.8. The van der Waals surface area contributed by atoms with Crippen LogP contribution >= 0.6 is 34.8 Å². The summed E-state index contributed by atoms with van der Waals surface area (Å²) in [5.41, 5.74) is 0.988. The molecule has 6 nitrogen and oxygen atoms in total. The fourth-order valence-corrected chi connectivity index (χ4v) is 4.18. The number of hydrogen-bond donors (Lipinski definition) is 0. The molecule has 3 heterocycles. The molecule has 0 bridgehead atoms. The lowest BCUT2D eigenvalue weighted by Gasteiger charge is -2.25. The van der Waals surface area contributed by atoms with Gasteiger partial charge in [0.15, 0.2) is 0 Å². The van der Waals surface area contributed by atoms with Gasteiger partial charge in [-0.15, -0.1) is 0 Å². The van der Waals surface area contributed by atoms with Crippen LogP contribution in [0.25, 0.3) is 0 Å². The van der Waals surface area contributed by atoms with E-state index >= 15 is 0 Å². The van der Waals surface area contributed by atoms with Crippen molar-refractivity contribution in [1.82, 2.24) is 15.0 Å². The van der Waals surface area contributed by atoms with Gasteiger partial charge in [0.1, 0.15) is 6.10 Å². The van der Waals surface area contributed by atoms with E-state index in [1.54, 1.807) is 29.2 Å². The summed E-state index contributed by atoms with van der Waals surface area (Å²) in [7, 11) is 0. The molecule has 4 rings (SSSR count). The molecular formula is C21H18Cl3N3O3. The first-order valence-corrected chi connectivity index (χ1v) is 10.5. The molecule has 1 fully saturated rings. The van der Waals surface area contributed by atoms with E-state index in [2.05, 4.69) is 10.1 Å². The Labute approximate surface area is 188 Å². The Morgan fingerprint density at radius 2 is 2.00 bits per heavy atom. The van der Waals surface area contributed by atoms with Crippen LogP contribution in [0.3, 0.4) is 0 Å². The highest BCUT2D eigenvalue weighted by molar-refractivity contribution is 6.42. The number of pyridine rings is 1. The molecule has 1 saturated heterocycles. The van der Waals surface area contributed by atoms with Crippen molar-refractivity contribution < 1.29 is 14.1 Å². The van der Waals surface area contributed by atoms with Crippen LogP contribution in [0.4, 0.5) is 0 Å². The van der Waals surface area contributed by atoms with Gasteiger partial charge in [-0.25, -0.2) is 4.98 Å². The second kappa shape index (κ2) is 8.84. The second-order valence-electron chi connectivity index (χ2n) is 7.17. The Kier molecular flexibility index (Phi) is 6.18. The zero-order valence-electron chi connectivity index (χ0n) is 16.0. The maximum atomic E-state index is 12.8. The molecule has 156 valence electrons. The summed E-state index contributed by atoms with van der Waals surface area (Å²) >= 11 is 18.3. The van der Waals surface area contributed by atoms with Crippen molar-refractivity contribution in [2.75, 3.05) is 13.1 Å². The van der Waals surface area contributed by atoms with Crippen molar-refractivity contribution in [3.05, 3.63) is 75.2 Å². The van der Waals surface area contributed by atoms with Crippen LogP contribution < -0.4 is 4.74 Å². The normalized spacial score (nSPS) is 19.7. The molecule has 3 aromatic rings. The first-order valence-electron chi connectivity index (χ1n) is 9.35. The van der Waals surface area contributed by atoms with Gasteiger partial charge in [0.05, 0.1) is 21.3 Å². The number of benzene rings is 1. The van der Waals surface area contributed by atoms with Crippen molar-refractivity contribution in [2.24, 2.45) is 5.92 Å². The van der Waals surface area contributed by atoms with Gasteiger partial charge in [0, 0.05) is 43.3 Å². The molecule has 0 aliphatic carbocycles. The fraction of sp³-hybridized carbons (Fsp3) is 0.286. The number of carbonyl (C=O) groups excluding carboxylic acids is 1. The predicted molar refractivity (Wildman–Crippen MR) is 114 cm³/mol. The van der Waals surface area contributed by atoms with Crippen LogP contribution in [0.1, 0.15) is 29.0 Å². The van der Waals surface area contributed by atoms with Gasteiger partial charge in [-0.3, -0.25) is 4.79 Å². The summed E-state index contributed by atoms with van der Waals surface area (Å²) in [6.07, 6.45) is 2.76. The first kappa shape index (κ1) is 21.0. The number of likely N-dealkylation sites (tertiary alicyclic amines) is 1. The lowest BCUT2D eigenvalue weighted by molar-refractivity contribution is 0.0729. The van der Waals surface area contributed by atoms with Gasteiger partial charge in [-0.1, -0.05) is 46.0 Å². The molecule has 3 atom stereocenters. The van der Waals surface area contributed by atoms with Crippen LogP contribution in [0.2, 0.25) is 15.1 Å². The van der Waals surface area contributed by atoms with Crippen molar-refractivity contribution in [2.45, 2.75) is 18.9 Å². The van der Waals surface area contributed by atoms with Crippen LogP contribution in [0.5, 0.6) is 5.88 Å². The van der Waals surface area contributed by atoms with E-state index in [0.717, 1.165) is 5.56 Å². The minimum absolute atomic E-state index is 0.00561. The standard InChI is InChI=1S/C21H18Cl3N3O3/c1-12(29-20-5-3-14(22)9-25-20)15-10-27(21(28)19-6-7-26-30-19)11-16(15)13-2-4-17(23)18(24)8-13/h2-9,12,15-16H,10-11H2,1H3. The largest absolute Gasteiger partial charge is 0.474 e. The summed E-state index contributed by atoms with van der Waals surface area (Å²) in [6.45, 7) is 2.94. The topological polar surface area (TPSA) is 68.5 Å². The Balaban J connectivity index is 1.60. The molecule has 1 aliphatic rings. The van der Waals surface area contributed by atoms with E-state index in [1.807, 2.05) is 19.1 Å². The Morgan fingerprint density at radius 3 is 2.67 bits per heavy atom. The van der Waals surface area contributed by atoms with Crippen molar-refractivity contribution >= 4 is 40.7 Å². The smallest absolute Gasteiger partial charge is 0.292 e. The van der Waals surface area contributed by atoms with Gasteiger partial charge in [0.2, 0.25) is 11.6 Å². The van der Waals surface area contributed by atoms with Gasteiger partial charge in [-0.2, -0.15) is 0 Å². The number of aromatic nitrogens is 2. The van der Waals surface area contributed by atoms with E-state index in [4.69, 9.17) is 44.1 Å². The van der Waals surface area contributed by atoms with Gasteiger partial charge in [0.25, 0.3) is 5.91 Å². The van der Waals surface area contributed by atoms with Crippen LogP contribution in [-0.2, 0) is 0 Å². The summed E-state index contributed by atoms with van der Waals surface area (Å²) in [6, 6.07) is 10.5. The van der Waals surface area contributed by atoms with Crippen LogP contribution in [0, 0.1) is 5.92 Å². The molecule has 3 unspecified atom stereocenters. The van der Waals surface area contributed by atoms with Gasteiger partial charge < -0.3 is 14.2 Å². The number of halogens is 3. The third-order valence-corrected chi connectivity index (χ3v) is 6.25. The van der Waals surface area contributed by atoms with E-state index in [1.165, 1.54) is 12.4 Å². The van der Waals surface area contributed by atoms with E-state index in [-0.39, 0.29) is 29.6 Å². The average Bonchev–Trinajstić information content (AvgIpc) is 3.41.